The zero-order valence-corrected chi connectivity index (χ0v) is 14.3. The summed E-state index contributed by atoms with van der Waals surface area (Å²) < 4.78 is 5.92. The van der Waals surface area contributed by atoms with Gasteiger partial charge in [-0.25, -0.2) is 0 Å². The Morgan fingerprint density at radius 3 is 2.67 bits per heavy atom. The van der Waals surface area contributed by atoms with Gasteiger partial charge < -0.3 is 14.6 Å². The van der Waals surface area contributed by atoms with E-state index in [1.807, 2.05) is 0 Å². The molecule has 1 aromatic heterocycles. The molecule has 1 fully saturated rings. The van der Waals surface area contributed by atoms with Crippen molar-refractivity contribution in [2.75, 3.05) is 27.2 Å². The van der Waals surface area contributed by atoms with Crippen molar-refractivity contribution in [3.05, 3.63) is 23.7 Å². The molecule has 1 unspecified atom stereocenters. The van der Waals surface area contributed by atoms with Crippen molar-refractivity contribution in [2.24, 2.45) is 0 Å². The Hall–Kier alpha value is -0.840. The van der Waals surface area contributed by atoms with Crippen LogP contribution < -0.4 is 5.32 Å². The standard InChI is InChI=1S/C17H31N3O/c1-17(2,3)18-11-15-8-9-16(21-15)13-19(4)12-14-7-6-10-20(14)5/h8-9,14,18H,6-7,10-13H2,1-5H3. The van der Waals surface area contributed by atoms with E-state index < -0.39 is 0 Å². The normalized spacial score (nSPS) is 20.6. The third-order valence-electron chi connectivity index (χ3n) is 4.13. The molecule has 1 aliphatic rings. The van der Waals surface area contributed by atoms with E-state index in [1.165, 1.54) is 19.4 Å². The van der Waals surface area contributed by atoms with Crippen molar-refractivity contribution in [3.8, 4) is 0 Å². The van der Waals surface area contributed by atoms with Crippen LogP contribution in [-0.2, 0) is 13.1 Å². The molecule has 0 amide bonds. The molecule has 0 spiro atoms. The zero-order chi connectivity index (χ0) is 15.5. The summed E-state index contributed by atoms with van der Waals surface area (Å²) in [7, 11) is 4.41. The lowest BCUT2D eigenvalue weighted by molar-refractivity contribution is 0.204. The SMILES string of the molecule is CN(Cc1ccc(CNC(C)(C)C)o1)CC1CCCN1C. The van der Waals surface area contributed by atoms with Gasteiger partial charge in [-0.05, 0) is 66.4 Å². The van der Waals surface area contributed by atoms with E-state index in [1.54, 1.807) is 0 Å². The molecule has 1 aliphatic heterocycles. The molecule has 0 aromatic carbocycles. The van der Waals surface area contributed by atoms with Crippen LogP contribution in [0.4, 0.5) is 0 Å². The topological polar surface area (TPSA) is 31.6 Å². The van der Waals surface area contributed by atoms with Crippen molar-refractivity contribution in [1.29, 1.82) is 0 Å². The van der Waals surface area contributed by atoms with E-state index in [2.05, 4.69) is 62.1 Å². The largest absolute Gasteiger partial charge is 0.463 e. The maximum absolute atomic E-state index is 5.92. The Balaban J connectivity index is 1.78. The first-order valence-corrected chi connectivity index (χ1v) is 8.05. The lowest BCUT2D eigenvalue weighted by Gasteiger charge is -2.25. The van der Waals surface area contributed by atoms with Crippen LogP contribution in [0.2, 0.25) is 0 Å². The zero-order valence-electron chi connectivity index (χ0n) is 14.3. The molecule has 1 saturated heterocycles. The minimum absolute atomic E-state index is 0.122. The summed E-state index contributed by atoms with van der Waals surface area (Å²) in [5, 5.41) is 3.46. The lowest BCUT2D eigenvalue weighted by atomic mass is 10.1. The van der Waals surface area contributed by atoms with Gasteiger partial charge in [-0.15, -0.1) is 0 Å². The molecule has 0 aliphatic carbocycles. The van der Waals surface area contributed by atoms with Crippen LogP contribution in [0.1, 0.15) is 45.1 Å². The van der Waals surface area contributed by atoms with Crippen LogP contribution in [0, 0.1) is 0 Å². The van der Waals surface area contributed by atoms with Gasteiger partial charge in [0.1, 0.15) is 11.5 Å². The average molecular weight is 293 g/mol. The third kappa shape index (κ3) is 5.46. The van der Waals surface area contributed by atoms with Crippen LogP contribution in [0.15, 0.2) is 16.5 Å². The predicted molar refractivity (Wildman–Crippen MR) is 87.3 cm³/mol. The highest BCUT2D eigenvalue weighted by atomic mass is 16.3. The second kappa shape index (κ2) is 6.95. The quantitative estimate of drug-likeness (QED) is 0.874. The fourth-order valence-electron chi connectivity index (χ4n) is 2.85. The lowest BCUT2D eigenvalue weighted by Crippen LogP contribution is -2.36. The first-order chi connectivity index (χ1) is 9.83. The Labute approximate surface area is 129 Å². The number of nitrogens with one attached hydrogen (secondary N) is 1. The Morgan fingerprint density at radius 2 is 2.05 bits per heavy atom. The summed E-state index contributed by atoms with van der Waals surface area (Å²) in [4.78, 5) is 4.84. The molecule has 0 bridgehead atoms. The summed E-state index contributed by atoms with van der Waals surface area (Å²) in [6.45, 7) is 10.5. The number of furan rings is 1. The first kappa shape index (κ1) is 16.5. The van der Waals surface area contributed by atoms with Gasteiger partial charge in [-0.3, -0.25) is 4.90 Å². The summed E-state index contributed by atoms with van der Waals surface area (Å²) >= 11 is 0. The highest BCUT2D eigenvalue weighted by Crippen LogP contribution is 2.17. The van der Waals surface area contributed by atoms with Crippen LogP contribution in [0.25, 0.3) is 0 Å². The summed E-state index contributed by atoms with van der Waals surface area (Å²) in [6, 6.07) is 4.89. The van der Waals surface area contributed by atoms with Crippen molar-refractivity contribution >= 4 is 0 Å². The molecule has 4 heteroatoms. The van der Waals surface area contributed by atoms with Crippen molar-refractivity contribution in [2.45, 2.75) is 58.3 Å². The fraction of sp³-hybridized carbons (Fsp3) is 0.765. The van der Waals surface area contributed by atoms with Gasteiger partial charge in [0.25, 0.3) is 0 Å². The molecule has 1 atom stereocenters. The molecular weight excluding hydrogens is 262 g/mol. The second-order valence-electron chi connectivity index (χ2n) is 7.44. The molecule has 2 rings (SSSR count). The number of nitrogens with zero attached hydrogens (tertiary/aromatic N) is 2. The molecule has 0 saturated carbocycles. The predicted octanol–water partition coefficient (Wildman–Crippen LogP) is 2.69. The van der Waals surface area contributed by atoms with Gasteiger partial charge in [0, 0.05) is 18.1 Å². The van der Waals surface area contributed by atoms with Crippen LogP contribution in [-0.4, -0.2) is 48.6 Å². The highest BCUT2D eigenvalue weighted by Gasteiger charge is 2.22. The molecule has 1 aromatic rings. The van der Waals surface area contributed by atoms with Crippen LogP contribution >= 0.6 is 0 Å². The molecular formula is C17H31N3O. The van der Waals surface area contributed by atoms with Gasteiger partial charge in [-0.2, -0.15) is 0 Å². The maximum Gasteiger partial charge on any atom is 0.118 e. The van der Waals surface area contributed by atoms with E-state index in [9.17, 15) is 0 Å². The highest BCUT2D eigenvalue weighted by molar-refractivity contribution is 5.07. The Morgan fingerprint density at radius 1 is 1.33 bits per heavy atom. The minimum Gasteiger partial charge on any atom is -0.463 e. The summed E-state index contributed by atoms with van der Waals surface area (Å²) in [6.07, 6.45) is 2.65. The first-order valence-electron chi connectivity index (χ1n) is 8.05. The van der Waals surface area contributed by atoms with Gasteiger partial charge in [0.05, 0.1) is 13.1 Å². The Kier molecular flexibility index (Phi) is 5.47. The van der Waals surface area contributed by atoms with Gasteiger partial charge in [0.15, 0.2) is 0 Å². The second-order valence-corrected chi connectivity index (χ2v) is 7.44. The Bertz CT molecular complexity index is 435. The molecule has 2 heterocycles. The van der Waals surface area contributed by atoms with Crippen molar-refractivity contribution in [3.63, 3.8) is 0 Å². The molecule has 120 valence electrons. The molecule has 4 nitrogen and oxygen atoms in total. The third-order valence-corrected chi connectivity index (χ3v) is 4.13. The van der Waals surface area contributed by atoms with Crippen molar-refractivity contribution in [1.82, 2.24) is 15.1 Å². The van der Waals surface area contributed by atoms with Gasteiger partial charge in [0.2, 0.25) is 0 Å². The van der Waals surface area contributed by atoms with E-state index in [0.717, 1.165) is 31.2 Å². The molecule has 1 N–H and O–H groups in total. The van der Waals surface area contributed by atoms with Crippen molar-refractivity contribution < 1.29 is 4.42 Å². The van der Waals surface area contributed by atoms with E-state index in [0.29, 0.717) is 6.04 Å². The van der Waals surface area contributed by atoms with E-state index in [-0.39, 0.29) is 5.54 Å². The maximum atomic E-state index is 5.92. The van der Waals surface area contributed by atoms with Crippen LogP contribution in [0.5, 0.6) is 0 Å². The number of hydrogen-bond acceptors (Lipinski definition) is 4. The monoisotopic (exact) mass is 293 g/mol. The minimum atomic E-state index is 0.122. The average Bonchev–Trinajstić information content (AvgIpc) is 2.96. The number of rotatable bonds is 6. The fourth-order valence-corrected chi connectivity index (χ4v) is 2.85. The smallest absolute Gasteiger partial charge is 0.118 e. The van der Waals surface area contributed by atoms with E-state index >= 15 is 0 Å². The summed E-state index contributed by atoms with van der Waals surface area (Å²) in [5.74, 6) is 2.08. The van der Waals surface area contributed by atoms with E-state index in [4.69, 9.17) is 4.42 Å². The molecule has 21 heavy (non-hydrogen) atoms. The van der Waals surface area contributed by atoms with Gasteiger partial charge in [-0.1, -0.05) is 0 Å². The number of likely N-dealkylation sites (tertiary alicyclic amines) is 1. The number of likely N-dealkylation sites (N-methyl/N-ethyl adjacent to an activating group) is 2. The number of hydrogen-bond donors (Lipinski definition) is 1. The molecule has 0 radical (unpaired) electrons. The van der Waals surface area contributed by atoms with Gasteiger partial charge >= 0.3 is 0 Å². The summed E-state index contributed by atoms with van der Waals surface area (Å²) in [5.41, 5.74) is 0.122. The van der Waals surface area contributed by atoms with Crippen LogP contribution in [0.3, 0.4) is 0 Å².